The number of methoxy groups -OCH3 is 1. The Morgan fingerprint density at radius 3 is 2.78 bits per heavy atom. The predicted octanol–water partition coefficient (Wildman–Crippen LogP) is 3.81. The smallest absolute Gasteiger partial charge is 0.152 e. The second-order valence-corrected chi connectivity index (χ2v) is 4.16. The lowest BCUT2D eigenvalue weighted by molar-refractivity contribution is 0.419. The van der Waals surface area contributed by atoms with Gasteiger partial charge in [0.15, 0.2) is 5.76 Å². The van der Waals surface area contributed by atoms with Crippen molar-refractivity contribution in [1.82, 2.24) is 4.98 Å². The lowest BCUT2D eigenvalue weighted by Gasteiger charge is -2.05. The predicted molar refractivity (Wildman–Crippen MR) is 70.7 cm³/mol. The van der Waals surface area contributed by atoms with E-state index in [0.717, 1.165) is 33.7 Å². The van der Waals surface area contributed by atoms with Gasteiger partial charge in [0.05, 0.1) is 7.11 Å². The number of pyridine rings is 1. The minimum atomic E-state index is 0.789. The second-order valence-electron chi connectivity index (χ2n) is 4.16. The van der Waals surface area contributed by atoms with Gasteiger partial charge in [0, 0.05) is 11.6 Å². The molecule has 0 saturated heterocycles. The van der Waals surface area contributed by atoms with E-state index in [9.17, 15) is 0 Å². The summed E-state index contributed by atoms with van der Waals surface area (Å²) in [6, 6.07) is 11.8. The molecule has 0 N–H and O–H groups in total. The number of nitrogens with zero attached hydrogens (tertiary/aromatic N) is 1. The largest absolute Gasteiger partial charge is 0.496 e. The van der Waals surface area contributed by atoms with Crippen LogP contribution in [-0.4, -0.2) is 12.1 Å². The Kier molecular flexibility index (Phi) is 2.52. The van der Waals surface area contributed by atoms with Crippen LogP contribution < -0.4 is 4.74 Å². The Morgan fingerprint density at radius 2 is 2.06 bits per heavy atom. The van der Waals surface area contributed by atoms with E-state index in [-0.39, 0.29) is 0 Å². The number of aryl methyl sites for hydroxylation is 1. The van der Waals surface area contributed by atoms with E-state index in [0.29, 0.717) is 0 Å². The average molecular weight is 239 g/mol. The number of furan rings is 1. The molecule has 0 aliphatic carbocycles. The monoisotopic (exact) mass is 239 g/mol. The van der Waals surface area contributed by atoms with E-state index in [1.54, 1.807) is 7.11 Å². The molecule has 3 nitrogen and oxygen atoms in total. The van der Waals surface area contributed by atoms with Gasteiger partial charge in [-0.3, -0.25) is 4.98 Å². The van der Waals surface area contributed by atoms with Crippen LogP contribution in [0.3, 0.4) is 0 Å². The molecule has 1 aromatic carbocycles. The highest BCUT2D eigenvalue weighted by Crippen LogP contribution is 2.28. The Balaban J connectivity index is 2.17. The van der Waals surface area contributed by atoms with Crippen LogP contribution in [0.1, 0.15) is 5.76 Å². The van der Waals surface area contributed by atoms with Crippen LogP contribution in [0.2, 0.25) is 0 Å². The van der Waals surface area contributed by atoms with Gasteiger partial charge < -0.3 is 9.15 Å². The van der Waals surface area contributed by atoms with E-state index in [4.69, 9.17) is 9.15 Å². The molecule has 18 heavy (non-hydrogen) atoms. The summed E-state index contributed by atoms with van der Waals surface area (Å²) in [6.45, 7) is 1.92. The molecule has 0 aliphatic rings. The van der Waals surface area contributed by atoms with Crippen molar-refractivity contribution in [2.75, 3.05) is 7.11 Å². The molecular formula is C15H13NO2. The van der Waals surface area contributed by atoms with E-state index < -0.39 is 0 Å². The molecule has 3 aromatic rings. The van der Waals surface area contributed by atoms with Gasteiger partial charge in [-0.1, -0.05) is 12.1 Å². The van der Waals surface area contributed by atoms with Gasteiger partial charge in [-0.15, -0.1) is 0 Å². The third-order valence-corrected chi connectivity index (χ3v) is 2.94. The molecule has 3 heteroatoms. The van der Waals surface area contributed by atoms with Crippen molar-refractivity contribution in [2.45, 2.75) is 6.92 Å². The average Bonchev–Trinajstić information content (AvgIpc) is 2.84. The Bertz CT molecular complexity index is 701. The van der Waals surface area contributed by atoms with Crippen molar-refractivity contribution in [3.63, 3.8) is 0 Å². The third-order valence-electron chi connectivity index (χ3n) is 2.94. The number of hydrogen-bond donors (Lipinski definition) is 0. The van der Waals surface area contributed by atoms with Gasteiger partial charge in [-0.2, -0.15) is 0 Å². The van der Waals surface area contributed by atoms with Crippen molar-refractivity contribution in [3.8, 4) is 17.2 Å². The first-order chi connectivity index (χ1) is 8.78. The first kappa shape index (κ1) is 10.8. The number of rotatable bonds is 2. The Labute approximate surface area is 105 Å². The van der Waals surface area contributed by atoms with Crippen LogP contribution in [0.4, 0.5) is 0 Å². The van der Waals surface area contributed by atoms with Crippen molar-refractivity contribution in [1.29, 1.82) is 0 Å². The molecule has 2 heterocycles. The highest BCUT2D eigenvalue weighted by Gasteiger charge is 2.07. The van der Waals surface area contributed by atoms with Crippen LogP contribution in [0, 0.1) is 6.92 Å². The fourth-order valence-corrected chi connectivity index (χ4v) is 2.03. The summed E-state index contributed by atoms with van der Waals surface area (Å²) in [4.78, 5) is 4.43. The second kappa shape index (κ2) is 4.18. The highest BCUT2D eigenvalue weighted by atomic mass is 16.5. The van der Waals surface area contributed by atoms with Crippen molar-refractivity contribution >= 4 is 10.8 Å². The molecule has 3 rings (SSSR count). The first-order valence-corrected chi connectivity index (χ1v) is 5.77. The third kappa shape index (κ3) is 1.74. The molecule has 0 spiro atoms. The summed E-state index contributed by atoms with van der Waals surface area (Å²) >= 11 is 0. The van der Waals surface area contributed by atoms with Crippen molar-refractivity contribution in [3.05, 3.63) is 48.4 Å². The molecular weight excluding hydrogens is 226 g/mol. The van der Waals surface area contributed by atoms with E-state index >= 15 is 0 Å². The molecule has 0 aliphatic heterocycles. The highest BCUT2D eigenvalue weighted by molar-refractivity contribution is 5.89. The van der Waals surface area contributed by atoms with E-state index in [2.05, 4.69) is 4.98 Å². The maximum absolute atomic E-state index is 5.58. The minimum Gasteiger partial charge on any atom is -0.496 e. The fraction of sp³-hybridized carbons (Fsp3) is 0.133. The maximum atomic E-state index is 5.58. The Morgan fingerprint density at radius 1 is 1.17 bits per heavy atom. The SMILES string of the molecule is COc1cccc2cc(-c3ccc(C)o3)ncc12. The quantitative estimate of drug-likeness (QED) is 0.682. The number of ether oxygens (including phenoxy) is 1. The maximum Gasteiger partial charge on any atom is 0.152 e. The summed E-state index contributed by atoms with van der Waals surface area (Å²) in [5.74, 6) is 2.51. The fourth-order valence-electron chi connectivity index (χ4n) is 2.03. The number of benzene rings is 1. The van der Waals surface area contributed by atoms with Gasteiger partial charge in [0.2, 0.25) is 0 Å². The zero-order valence-corrected chi connectivity index (χ0v) is 10.3. The van der Waals surface area contributed by atoms with Gasteiger partial charge in [0.1, 0.15) is 17.2 Å². The minimum absolute atomic E-state index is 0.789. The lowest BCUT2D eigenvalue weighted by atomic mass is 10.1. The summed E-state index contributed by atoms with van der Waals surface area (Å²) in [5, 5.41) is 2.10. The van der Waals surface area contributed by atoms with Crippen LogP contribution in [0.5, 0.6) is 5.75 Å². The molecule has 90 valence electrons. The van der Waals surface area contributed by atoms with Crippen molar-refractivity contribution in [2.24, 2.45) is 0 Å². The number of hydrogen-bond acceptors (Lipinski definition) is 3. The number of fused-ring (bicyclic) bond motifs is 1. The molecule has 2 aromatic heterocycles. The summed E-state index contributed by atoms with van der Waals surface area (Å²) in [7, 11) is 1.67. The van der Waals surface area contributed by atoms with Crippen LogP contribution >= 0.6 is 0 Å². The molecule has 0 bridgehead atoms. The molecule has 0 fully saturated rings. The molecule has 0 atom stereocenters. The van der Waals surface area contributed by atoms with Gasteiger partial charge in [-0.25, -0.2) is 0 Å². The van der Waals surface area contributed by atoms with Gasteiger partial charge in [-0.05, 0) is 36.6 Å². The van der Waals surface area contributed by atoms with Gasteiger partial charge in [0.25, 0.3) is 0 Å². The topological polar surface area (TPSA) is 35.3 Å². The standard InChI is InChI=1S/C15H13NO2/c1-10-6-7-15(18-10)13-8-11-4-3-5-14(17-2)12(11)9-16-13/h3-9H,1-2H3. The Hall–Kier alpha value is -2.29. The number of aromatic nitrogens is 1. The molecule has 0 saturated carbocycles. The lowest BCUT2D eigenvalue weighted by Crippen LogP contribution is -1.87. The van der Waals surface area contributed by atoms with Crippen LogP contribution in [0.15, 0.2) is 47.0 Å². The molecule has 0 radical (unpaired) electrons. The molecule has 0 unspecified atom stereocenters. The molecule has 0 amide bonds. The van der Waals surface area contributed by atoms with E-state index in [1.807, 2.05) is 49.5 Å². The van der Waals surface area contributed by atoms with Crippen LogP contribution in [-0.2, 0) is 0 Å². The summed E-state index contributed by atoms with van der Waals surface area (Å²) in [5.41, 5.74) is 0.837. The first-order valence-electron chi connectivity index (χ1n) is 5.77. The van der Waals surface area contributed by atoms with Crippen molar-refractivity contribution < 1.29 is 9.15 Å². The van der Waals surface area contributed by atoms with Gasteiger partial charge >= 0.3 is 0 Å². The zero-order chi connectivity index (χ0) is 12.5. The summed E-state index contributed by atoms with van der Waals surface area (Å²) in [6.07, 6.45) is 1.82. The zero-order valence-electron chi connectivity index (χ0n) is 10.3. The van der Waals surface area contributed by atoms with E-state index in [1.165, 1.54) is 0 Å². The van der Waals surface area contributed by atoms with Crippen LogP contribution in [0.25, 0.3) is 22.2 Å². The summed E-state index contributed by atoms with van der Waals surface area (Å²) < 4.78 is 10.9. The normalized spacial score (nSPS) is 10.8.